The Morgan fingerprint density at radius 2 is 1.76 bits per heavy atom. The molecule has 9 atom stereocenters. The summed E-state index contributed by atoms with van der Waals surface area (Å²) in [5, 5.41) is 26.5. The minimum atomic E-state index is -1.62. The lowest BCUT2D eigenvalue weighted by Gasteiger charge is -2.49. The molecule has 8 rings (SSSR count). The summed E-state index contributed by atoms with van der Waals surface area (Å²) in [4.78, 5) is 73.7. The predicted molar refractivity (Wildman–Crippen MR) is 183 cm³/mol. The van der Waals surface area contributed by atoms with E-state index >= 15 is 0 Å². The van der Waals surface area contributed by atoms with E-state index in [1.165, 1.54) is 24.1 Å². The van der Waals surface area contributed by atoms with Crippen molar-refractivity contribution in [3.05, 3.63) is 41.5 Å². The number of aliphatic hydroxyl groups is 2. The van der Waals surface area contributed by atoms with Crippen LogP contribution in [0.1, 0.15) is 64.0 Å². The van der Waals surface area contributed by atoms with Gasteiger partial charge >= 0.3 is 17.9 Å². The molecule has 4 N–H and O–H groups in total. The Bertz CT molecular complexity index is 1730. The summed E-state index contributed by atoms with van der Waals surface area (Å²) in [5.41, 5.74) is -1.09. The fourth-order valence-corrected chi connectivity index (χ4v) is 8.89. The molecule has 0 radical (unpaired) electrons. The number of ether oxygens (including phenoxy) is 5. The van der Waals surface area contributed by atoms with Crippen LogP contribution in [0, 0.1) is 22.7 Å². The maximum absolute atomic E-state index is 14.8. The highest BCUT2D eigenvalue weighted by atomic mass is 16.8. The number of hydrogen-bond acceptors (Lipinski definition) is 14. The molecule has 3 saturated carbocycles. The molecule has 4 heterocycles. The van der Waals surface area contributed by atoms with Gasteiger partial charge in [-0.3, -0.25) is 19.2 Å². The van der Waals surface area contributed by atoms with Gasteiger partial charge in [-0.25, -0.2) is 9.59 Å². The van der Waals surface area contributed by atoms with Crippen LogP contribution in [0.2, 0.25) is 0 Å². The first-order valence-electron chi connectivity index (χ1n) is 18.8. The lowest BCUT2D eigenvalue weighted by Crippen LogP contribution is -2.71. The maximum atomic E-state index is 14.8. The van der Waals surface area contributed by atoms with Crippen LogP contribution in [0.15, 0.2) is 30.3 Å². The van der Waals surface area contributed by atoms with E-state index in [0.29, 0.717) is 11.1 Å². The standard InChI is InChI=1S/C38H47N3O13/c1-19(43)26(32(45)39-14-15-42)40-35(48)37-16-24-27-28(53-38(52-27,22-9-10-22)23-11-12-23)30(37)54-41(29(37)33(46)50-24)17-21-7-5-4-6-20(21)8-13-25(44)51-31-34(47)49-18-36(31,2)3/h4-8,13,19,22-24,26-31,42-43H,9-12,14-18H2,1-3H3,(H,39,45)(H,40,48). The average Bonchev–Trinajstić information content (AvgIpc) is 4.08. The number of amides is 2. The lowest BCUT2D eigenvalue weighted by molar-refractivity contribution is -0.235. The van der Waals surface area contributed by atoms with Crippen molar-refractivity contribution in [3.8, 4) is 0 Å². The molecule has 2 amide bonds. The average molecular weight is 754 g/mol. The van der Waals surface area contributed by atoms with Crippen molar-refractivity contribution >= 4 is 35.8 Å². The van der Waals surface area contributed by atoms with Gasteiger partial charge in [-0.15, -0.1) is 0 Å². The van der Waals surface area contributed by atoms with Gasteiger partial charge in [0.25, 0.3) is 0 Å². The number of fused-ring (bicyclic) bond motifs is 4. The van der Waals surface area contributed by atoms with Crippen LogP contribution in [-0.2, 0) is 59.0 Å². The van der Waals surface area contributed by atoms with Gasteiger partial charge < -0.3 is 44.5 Å². The van der Waals surface area contributed by atoms with E-state index in [9.17, 15) is 34.2 Å². The zero-order chi connectivity index (χ0) is 38.2. The highest BCUT2D eigenvalue weighted by molar-refractivity contribution is 5.96. The molecular formula is C38H47N3O13. The van der Waals surface area contributed by atoms with Crippen molar-refractivity contribution in [2.45, 2.75) is 114 Å². The molecule has 3 aliphatic carbocycles. The predicted octanol–water partition coefficient (Wildman–Crippen LogP) is 0.269. The van der Waals surface area contributed by atoms with Crippen LogP contribution >= 0.6 is 0 Å². The molecule has 54 heavy (non-hydrogen) atoms. The van der Waals surface area contributed by atoms with Crippen molar-refractivity contribution in [1.82, 2.24) is 15.7 Å². The molecule has 4 aliphatic heterocycles. The van der Waals surface area contributed by atoms with Gasteiger partial charge in [0.15, 0.2) is 11.8 Å². The first-order valence-corrected chi connectivity index (χ1v) is 18.8. The molecular weight excluding hydrogens is 706 g/mol. The number of nitrogens with one attached hydrogen (secondary N) is 2. The number of aliphatic hydroxyl groups excluding tert-OH is 2. The fourth-order valence-electron chi connectivity index (χ4n) is 8.89. The summed E-state index contributed by atoms with van der Waals surface area (Å²) in [6, 6.07) is 4.41. The van der Waals surface area contributed by atoms with E-state index in [2.05, 4.69) is 10.6 Å². The quantitative estimate of drug-likeness (QED) is 0.121. The van der Waals surface area contributed by atoms with E-state index in [0.717, 1.165) is 25.7 Å². The van der Waals surface area contributed by atoms with Gasteiger partial charge in [0, 0.05) is 36.3 Å². The number of rotatable bonds is 13. The molecule has 292 valence electrons. The number of hydroxylamine groups is 2. The minimum Gasteiger partial charge on any atom is -0.462 e. The van der Waals surface area contributed by atoms with E-state index in [4.69, 9.17) is 28.5 Å². The Morgan fingerprint density at radius 1 is 1.06 bits per heavy atom. The minimum absolute atomic E-state index is 0.0183. The number of hydrogen-bond donors (Lipinski definition) is 4. The first kappa shape index (κ1) is 37.0. The Hall–Kier alpha value is -3.93. The SMILES string of the molecule is CC(O)C(NC(=O)C12CC3OC(=O)C1N(Cc1ccccc1C=CC(=O)OC1C(=O)OCC1(C)C)OC2C1OC(C2CC2)(C2CC2)OC31)C(=O)NCCO. The summed E-state index contributed by atoms with van der Waals surface area (Å²) in [7, 11) is 0. The van der Waals surface area contributed by atoms with Crippen molar-refractivity contribution in [2.24, 2.45) is 22.7 Å². The summed E-state index contributed by atoms with van der Waals surface area (Å²) in [6.07, 6.45) is 0.799. The van der Waals surface area contributed by atoms with Crippen LogP contribution in [-0.4, -0.2) is 119 Å². The Labute approximate surface area is 311 Å². The highest BCUT2D eigenvalue weighted by Crippen LogP contribution is 2.63. The number of esters is 3. The van der Waals surface area contributed by atoms with Gasteiger partial charge in [-0.2, -0.15) is 5.06 Å². The highest BCUT2D eigenvalue weighted by Gasteiger charge is 2.78. The first-order chi connectivity index (χ1) is 25.8. The summed E-state index contributed by atoms with van der Waals surface area (Å²) in [6.45, 7) is 4.58. The fraction of sp³-hybridized carbons (Fsp3) is 0.658. The van der Waals surface area contributed by atoms with Crippen molar-refractivity contribution in [2.75, 3.05) is 19.8 Å². The third kappa shape index (κ3) is 6.20. The second kappa shape index (κ2) is 13.7. The third-order valence-electron chi connectivity index (χ3n) is 11.9. The van der Waals surface area contributed by atoms with Crippen LogP contribution in [0.25, 0.3) is 6.08 Å². The van der Waals surface area contributed by atoms with Crippen molar-refractivity contribution < 1.29 is 62.7 Å². The van der Waals surface area contributed by atoms with Crippen molar-refractivity contribution in [3.63, 3.8) is 0 Å². The summed E-state index contributed by atoms with van der Waals surface area (Å²) >= 11 is 0. The second-order valence-corrected chi connectivity index (χ2v) is 16.3. The van der Waals surface area contributed by atoms with E-state index in [1.807, 2.05) is 0 Å². The van der Waals surface area contributed by atoms with Crippen LogP contribution in [0.3, 0.4) is 0 Å². The molecule has 16 heteroatoms. The molecule has 7 aliphatic rings. The largest absolute Gasteiger partial charge is 0.462 e. The van der Waals surface area contributed by atoms with E-state index in [1.54, 1.807) is 38.1 Å². The van der Waals surface area contributed by atoms with Gasteiger partial charge in [-0.05, 0) is 49.8 Å². The van der Waals surface area contributed by atoms with Gasteiger partial charge in [0.2, 0.25) is 17.9 Å². The normalized spacial score (nSPS) is 34.5. The smallest absolute Gasteiger partial charge is 0.348 e. The van der Waals surface area contributed by atoms with Crippen molar-refractivity contribution in [1.29, 1.82) is 0 Å². The van der Waals surface area contributed by atoms with Gasteiger partial charge in [0.05, 0.1) is 19.3 Å². The number of nitrogens with zero attached hydrogens (tertiary/aromatic N) is 1. The van der Waals surface area contributed by atoms with E-state index < -0.39 is 95.0 Å². The number of benzene rings is 1. The molecule has 0 spiro atoms. The summed E-state index contributed by atoms with van der Waals surface area (Å²) in [5.74, 6) is -3.96. The van der Waals surface area contributed by atoms with Gasteiger partial charge in [-0.1, -0.05) is 38.1 Å². The van der Waals surface area contributed by atoms with Crippen LogP contribution < -0.4 is 10.6 Å². The summed E-state index contributed by atoms with van der Waals surface area (Å²) < 4.78 is 30.3. The lowest BCUT2D eigenvalue weighted by atomic mass is 9.62. The topological polar surface area (TPSA) is 208 Å². The molecule has 2 bridgehead atoms. The molecule has 4 saturated heterocycles. The maximum Gasteiger partial charge on any atom is 0.348 e. The van der Waals surface area contributed by atoms with Gasteiger partial charge in [0.1, 0.15) is 42.5 Å². The number of cyclic esters (lactones) is 1. The molecule has 16 nitrogen and oxygen atoms in total. The van der Waals surface area contributed by atoms with E-state index in [-0.39, 0.29) is 44.6 Å². The molecule has 0 aromatic heterocycles. The second-order valence-electron chi connectivity index (χ2n) is 16.3. The zero-order valence-electron chi connectivity index (χ0n) is 30.4. The molecule has 7 fully saturated rings. The number of carbonyl (C=O) groups excluding carboxylic acids is 5. The monoisotopic (exact) mass is 753 g/mol. The Morgan fingerprint density at radius 3 is 2.41 bits per heavy atom. The Balaban J connectivity index is 1.11. The molecule has 9 unspecified atom stereocenters. The van der Waals surface area contributed by atoms with Crippen LogP contribution in [0.4, 0.5) is 0 Å². The third-order valence-corrected chi connectivity index (χ3v) is 11.9. The molecule has 1 aromatic carbocycles. The van der Waals surface area contributed by atoms with Crippen LogP contribution in [0.5, 0.6) is 0 Å². The Kier molecular flexibility index (Phi) is 9.37. The zero-order valence-corrected chi connectivity index (χ0v) is 30.4. The molecule has 1 aromatic rings. The number of carbonyl (C=O) groups is 5.